The molecule has 57 heavy (non-hydrogen) atoms. The highest BCUT2D eigenvalue weighted by Crippen LogP contribution is 2.46. The maximum absolute atomic E-state index is 6.31. The molecule has 0 aliphatic carbocycles. The molecule has 3 nitrogen and oxygen atoms in total. The van der Waals surface area contributed by atoms with Crippen LogP contribution in [-0.4, -0.2) is 0 Å². The average Bonchev–Trinajstić information content (AvgIpc) is 3.65. The number of fused-ring (bicyclic) bond motifs is 7. The number of hydrogen-bond acceptors (Lipinski definition) is 3. The second-order valence-electron chi connectivity index (χ2n) is 14.6. The van der Waals surface area contributed by atoms with E-state index in [4.69, 9.17) is 4.42 Å². The lowest BCUT2D eigenvalue weighted by Gasteiger charge is -2.30. The molecule has 0 atom stereocenters. The number of rotatable bonds is 7. The van der Waals surface area contributed by atoms with Crippen molar-refractivity contribution in [1.29, 1.82) is 0 Å². The van der Waals surface area contributed by atoms with Crippen molar-refractivity contribution < 1.29 is 4.42 Å². The predicted molar refractivity (Wildman–Crippen MR) is 241 cm³/mol. The second kappa shape index (κ2) is 13.6. The Morgan fingerprint density at radius 1 is 0.263 bits per heavy atom. The van der Waals surface area contributed by atoms with Gasteiger partial charge in [-0.1, -0.05) is 133 Å². The standard InChI is InChI=1S/C54H36N2O/c1-3-18-41(19-4-1)55(43-28-27-37-15-7-8-16-38(37)31-43)45-32-40(51-34-39-17-9-10-22-47(39)48-23-11-12-24-49(48)51)33-46(35-45)56(42-20-5-2-6-21-42)44-29-30-54-52(36-44)50-25-13-14-26-53(50)57-54/h1-36H. The third kappa shape index (κ3) is 5.76. The van der Waals surface area contributed by atoms with Gasteiger partial charge in [0.1, 0.15) is 11.2 Å². The lowest BCUT2D eigenvalue weighted by molar-refractivity contribution is 0.669. The van der Waals surface area contributed by atoms with Crippen LogP contribution in [0.2, 0.25) is 0 Å². The van der Waals surface area contributed by atoms with Crippen LogP contribution in [0.4, 0.5) is 34.1 Å². The van der Waals surface area contributed by atoms with E-state index in [1.807, 2.05) is 12.1 Å². The molecule has 0 unspecified atom stereocenters. The highest BCUT2D eigenvalue weighted by Gasteiger charge is 2.21. The molecule has 11 aromatic rings. The number of furan rings is 1. The molecule has 0 saturated carbocycles. The number of nitrogens with zero attached hydrogens (tertiary/aromatic N) is 2. The van der Waals surface area contributed by atoms with Crippen molar-refractivity contribution in [2.24, 2.45) is 0 Å². The second-order valence-corrected chi connectivity index (χ2v) is 14.6. The number of benzene rings is 10. The van der Waals surface area contributed by atoms with E-state index in [1.54, 1.807) is 0 Å². The van der Waals surface area contributed by atoms with Crippen LogP contribution in [0.25, 0.3) is 65.4 Å². The Balaban J connectivity index is 1.22. The van der Waals surface area contributed by atoms with Crippen LogP contribution >= 0.6 is 0 Å². The fourth-order valence-corrected chi connectivity index (χ4v) is 8.52. The Bertz CT molecular complexity index is 3260. The molecule has 0 amide bonds. The van der Waals surface area contributed by atoms with E-state index in [0.717, 1.165) is 61.6 Å². The van der Waals surface area contributed by atoms with E-state index < -0.39 is 0 Å². The summed E-state index contributed by atoms with van der Waals surface area (Å²) in [6.07, 6.45) is 0. The molecule has 11 rings (SSSR count). The van der Waals surface area contributed by atoms with Crippen LogP contribution in [0, 0.1) is 0 Å². The Morgan fingerprint density at radius 3 is 1.51 bits per heavy atom. The molecule has 0 saturated heterocycles. The van der Waals surface area contributed by atoms with Gasteiger partial charge in [-0.25, -0.2) is 0 Å². The van der Waals surface area contributed by atoms with E-state index in [2.05, 4.69) is 216 Å². The van der Waals surface area contributed by atoms with Gasteiger partial charge in [0.25, 0.3) is 0 Å². The van der Waals surface area contributed by atoms with Crippen molar-refractivity contribution in [2.45, 2.75) is 0 Å². The van der Waals surface area contributed by atoms with Crippen LogP contribution in [-0.2, 0) is 0 Å². The maximum Gasteiger partial charge on any atom is 0.135 e. The first-order valence-electron chi connectivity index (χ1n) is 19.4. The minimum absolute atomic E-state index is 0.872. The zero-order valence-electron chi connectivity index (χ0n) is 31.1. The molecule has 1 heterocycles. The minimum Gasteiger partial charge on any atom is -0.456 e. The van der Waals surface area contributed by atoms with Gasteiger partial charge in [-0.15, -0.1) is 0 Å². The minimum atomic E-state index is 0.872. The van der Waals surface area contributed by atoms with Gasteiger partial charge >= 0.3 is 0 Å². The topological polar surface area (TPSA) is 19.6 Å². The molecule has 0 bridgehead atoms. The SMILES string of the molecule is c1ccc(N(c2cc(-c3cc4ccccc4c4ccccc34)cc(N(c3ccccc3)c3ccc4oc5ccccc5c4c3)c2)c2ccc3ccccc3c2)cc1. The van der Waals surface area contributed by atoms with Crippen LogP contribution in [0.3, 0.4) is 0 Å². The van der Waals surface area contributed by atoms with Gasteiger partial charge < -0.3 is 14.2 Å². The Labute approximate surface area is 330 Å². The monoisotopic (exact) mass is 728 g/mol. The van der Waals surface area contributed by atoms with Crippen molar-refractivity contribution in [3.8, 4) is 11.1 Å². The molecule has 0 radical (unpaired) electrons. The first-order chi connectivity index (χ1) is 28.2. The zero-order valence-corrected chi connectivity index (χ0v) is 31.1. The molecule has 0 N–H and O–H groups in total. The largest absolute Gasteiger partial charge is 0.456 e. The summed E-state index contributed by atoms with van der Waals surface area (Å²) < 4.78 is 6.31. The normalized spacial score (nSPS) is 11.5. The van der Waals surface area contributed by atoms with Gasteiger partial charge in [-0.2, -0.15) is 0 Å². The van der Waals surface area contributed by atoms with Gasteiger partial charge in [0.2, 0.25) is 0 Å². The Morgan fingerprint density at radius 2 is 0.789 bits per heavy atom. The molecular weight excluding hydrogens is 693 g/mol. The number of hydrogen-bond donors (Lipinski definition) is 0. The lowest BCUT2D eigenvalue weighted by Crippen LogP contribution is -2.13. The van der Waals surface area contributed by atoms with Gasteiger partial charge in [0, 0.05) is 44.9 Å². The fourth-order valence-electron chi connectivity index (χ4n) is 8.52. The van der Waals surface area contributed by atoms with Crippen LogP contribution < -0.4 is 9.80 Å². The van der Waals surface area contributed by atoms with Crippen LogP contribution in [0.15, 0.2) is 223 Å². The first kappa shape index (κ1) is 32.8. The van der Waals surface area contributed by atoms with E-state index in [9.17, 15) is 0 Å². The van der Waals surface area contributed by atoms with Gasteiger partial charge in [-0.05, 0) is 128 Å². The highest BCUT2D eigenvalue weighted by atomic mass is 16.3. The number of para-hydroxylation sites is 3. The van der Waals surface area contributed by atoms with Crippen LogP contribution in [0.1, 0.15) is 0 Å². The summed E-state index contributed by atoms with van der Waals surface area (Å²) in [4.78, 5) is 4.76. The smallest absolute Gasteiger partial charge is 0.135 e. The summed E-state index contributed by atoms with van der Waals surface area (Å²) in [5.41, 5.74) is 10.4. The average molecular weight is 729 g/mol. The predicted octanol–water partition coefficient (Wildman–Crippen LogP) is 15.7. The van der Waals surface area contributed by atoms with Gasteiger partial charge in [-0.3, -0.25) is 0 Å². The van der Waals surface area contributed by atoms with Gasteiger partial charge in [0.15, 0.2) is 0 Å². The van der Waals surface area contributed by atoms with E-state index in [-0.39, 0.29) is 0 Å². The molecule has 0 aliphatic heterocycles. The quantitative estimate of drug-likeness (QED) is 0.152. The van der Waals surface area contributed by atoms with E-state index >= 15 is 0 Å². The van der Waals surface area contributed by atoms with Crippen LogP contribution in [0.5, 0.6) is 0 Å². The summed E-state index contributed by atoms with van der Waals surface area (Å²) in [7, 11) is 0. The third-order valence-corrected chi connectivity index (χ3v) is 11.1. The Kier molecular flexibility index (Phi) is 7.82. The molecular formula is C54H36N2O. The molecule has 1 aromatic heterocycles. The summed E-state index contributed by atoms with van der Waals surface area (Å²) in [6.45, 7) is 0. The molecule has 10 aromatic carbocycles. The molecule has 0 aliphatic rings. The van der Waals surface area contributed by atoms with E-state index in [1.165, 1.54) is 37.9 Å². The third-order valence-electron chi connectivity index (χ3n) is 11.1. The lowest BCUT2D eigenvalue weighted by atomic mass is 9.92. The molecule has 3 heteroatoms. The molecule has 0 spiro atoms. The van der Waals surface area contributed by atoms with Crippen molar-refractivity contribution >= 4 is 88.4 Å². The summed E-state index contributed by atoms with van der Waals surface area (Å²) in [5, 5.41) is 9.52. The Hall–Kier alpha value is -7.62. The summed E-state index contributed by atoms with van der Waals surface area (Å²) in [5.74, 6) is 0. The number of anilines is 6. The first-order valence-corrected chi connectivity index (χ1v) is 19.4. The maximum atomic E-state index is 6.31. The highest BCUT2D eigenvalue weighted by molar-refractivity contribution is 6.14. The zero-order chi connectivity index (χ0) is 37.7. The van der Waals surface area contributed by atoms with Crippen molar-refractivity contribution in [3.63, 3.8) is 0 Å². The van der Waals surface area contributed by atoms with Crippen molar-refractivity contribution in [2.75, 3.05) is 9.80 Å². The summed E-state index contributed by atoms with van der Waals surface area (Å²) >= 11 is 0. The van der Waals surface area contributed by atoms with Crippen molar-refractivity contribution in [3.05, 3.63) is 218 Å². The fraction of sp³-hybridized carbons (Fsp3) is 0. The van der Waals surface area contributed by atoms with Crippen molar-refractivity contribution in [1.82, 2.24) is 0 Å². The van der Waals surface area contributed by atoms with Gasteiger partial charge in [0.05, 0.1) is 0 Å². The summed E-state index contributed by atoms with van der Waals surface area (Å²) in [6, 6.07) is 78.5. The molecule has 0 fully saturated rings. The van der Waals surface area contributed by atoms with E-state index in [0.29, 0.717) is 0 Å². The molecule has 268 valence electrons.